The summed E-state index contributed by atoms with van der Waals surface area (Å²) >= 11 is 1.62. The van der Waals surface area contributed by atoms with Crippen LogP contribution in [0.5, 0.6) is 11.6 Å². The molecular weight excluding hydrogens is 474 g/mol. The van der Waals surface area contributed by atoms with Gasteiger partial charge < -0.3 is 20.1 Å². The normalized spacial score (nSPS) is 11.1. The van der Waals surface area contributed by atoms with Crippen molar-refractivity contribution in [1.29, 1.82) is 0 Å². The molecule has 0 unspecified atom stereocenters. The Balaban J connectivity index is 1.36. The van der Waals surface area contributed by atoms with Gasteiger partial charge >= 0.3 is 0 Å². The van der Waals surface area contributed by atoms with Crippen LogP contribution in [0.4, 0.5) is 0 Å². The van der Waals surface area contributed by atoms with E-state index in [-0.39, 0.29) is 11.7 Å². The minimum atomic E-state index is -0.165. The second kappa shape index (κ2) is 10.2. The zero-order chi connectivity index (χ0) is 25.1. The first kappa shape index (κ1) is 23.5. The first-order valence-electron chi connectivity index (χ1n) is 11.6. The Hall–Kier alpha value is -4.24. The van der Waals surface area contributed by atoms with Crippen molar-refractivity contribution < 1.29 is 14.6 Å². The number of amides is 1. The van der Waals surface area contributed by atoms with E-state index in [4.69, 9.17) is 4.74 Å². The molecule has 5 aromatic rings. The number of thiazole rings is 1. The number of hydrogen-bond acceptors (Lipinski definition) is 7. The number of methoxy groups -OCH3 is 1. The van der Waals surface area contributed by atoms with Crippen LogP contribution in [0.2, 0.25) is 0 Å². The van der Waals surface area contributed by atoms with Crippen LogP contribution in [0, 0.1) is 0 Å². The van der Waals surface area contributed by atoms with Crippen molar-refractivity contribution >= 4 is 28.3 Å². The average molecular weight is 500 g/mol. The van der Waals surface area contributed by atoms with Crippen molar-refractivity contribution in [2.45, 2.75) is 19.8 Å². The Morgan fingerprint density at radius 2 is 2.03 bits per heavy atom. The molecule has 0 fully saturated rings. The molecular formula is C27H25N5O3S. The number of fused-ring (bicyclic) bond motifs is 1. The van der Waals surface area contributed by atoms with E-state index in [2.05, 4.69) is 37.6 Å². The minimum absolute atomic E-state index is 0.0899. The van der Waals surface area contributed by atoms with Gasteiger partial charge in [-0.1, -0.05) is 13.0 Å². The number of aromatic amines is 1. The fourth-order valence-corrected chi connectivity index (χ4v) is 4.83. The number of carbonyl (C=O) groups is 1. The molecule has 0 radical (unpaired) electrons. The maximum atomic E-state index is 12.7. The predicted octanol–water partition coefficient (Wildman–Crippen LogP) is 5.00. The third kappa shape index (κ3) is 4.78. The highest BCUT2D eigenvalue weighted by Gasteiger charge is 2.15. The molecule has 0 saturated heterocycles. The van der Waals surface area contributed by atoms with E-state index in [0.717, 1.165) is 33.8 Å². The van der Waals surface area contributed by atoms with Gasteiger partial charge in [-0.25, -0.2) is 15.0 Å². The first-order chi connectivity index (χ1) is 17.6. The van der Waals surface area contributed by atoms with Gasteiger partial charge in [0.2, 0.25) is 5.88 Å². The molecule has 0 aliphatic rings. The van der Waals surface area contributed by atoms with Crippen LogP contribution in [0.3, 0.4) is 0 Å². The van der Waals surface area contributed by atoms with Gasteiger partial charge in [0.15, 0.2) is 0 Å². The van der Waals surface area contributed by atoms with E-state index in [1.807, 2.05) is 24.3 Å². The van der Waals surface area contributed by atoms with Gasteiger partial charge in [-0.05, 0) is 54.4 Å². The van der Waals surface area contributed by atoms with Crippen molar-refractivity contribution in [2.24, 2.45) is 0 Å². The zero-order valence-electron chi connectivity index (χ0n) is 19.9. The lowest BCUT2D eigenvalue weighted by Crippen LogP contribution is -2.25. The number of aryl methyl sites for hydroxylation is 1. The van der Waals surface area contributed by atoms with E-state index < -0.39 is 0 Å². The van der Waals surface area contributed by atoms with Crippen LogP contribution in [0.1, 0.15) is 28.0 Å². The standard InChI is InChI=1S/C27H25N5O3S/c1-3-18-15-36-24(30-18)10-12-28-26(34)17-6-8-21-22(14-17)32-25(31-21)20-13-16(7-9-23(20)33)19-5-4-11-29-27(19)35-2/h4-9,11,13-15,33H,3,10,12H2,1-2H3,(H,28,34)(H,31,32). The molecule has 2 aromatic carbocycles. The van der Waals surface area contributed by atoms with Gasteiger partial charge in [-0.2, -0.15) is 0 Å². The number of nitrogens with one attached hydrogen (secondary N) is 2. The highest BCUT2D eigenvalue weighted by Crippen LogP contribution is 2.35. The molecule has 0 aliphatic heterocycles. The number of hydrogen-bond donors (Lipinski definition) is 3. The lowest BCUT2D eigenvalue weighted by Gasteiger charge is -2.09. The number of ether oxygens (including phenoxy) is 1. The third-order valence-corrected chi connectivity index (χ3v) is 6.82. The maximum Gasteiger partial charge on any atom is 0.251 e. The molecule has 5 rings (SSSR count). The summed E-state index contributed by atoms with van der Waals surface area (Å²) in [7, 11) is 1.57. The Morgan fingerprint density at radius 3 is 2.83 bits per heavy atom. The fraction of sp³-hybridized carbons (Fsp3) is 0.185. The molecule has 0 atom stereocenters. The lowest BCUT2D eigenvalue weighted by molar-refractivity contribution is 0.0954. The number of carbonyl (C=O) groups excluding carboxylic acids is 1. The predicted molar refractivity (Wildman–Crippen MR) is 141 cm³/mol. The van der Waals surface area contributed by atoms with Crippen LogP contribution < -0.4 is 10.1 Å². The SMILES string of the molecule is CCc1csc(CCNC(=O)c2ccc3[nH]c(-c4cc(-c5cccnc5OC)ccc4O)nc3c2)n1. The molecule has 0 spiro atoms. The Morgan fingerprint density at radius 1 is 1.14 bits per heavy atom. The van der Waals surface area contributed by atoms with Crippen LogP contribution in [-0.2, 0) is 12.8 Å². The van der Waals surface area contributed by atoms with Crippen LogP contribution in [-0.4, -0.2) is 44.6 Å². The smallest absolute Gasteiger partial charge is 0.251 e. The number of nitrogens with zero attached hydrogens (tertiary/aromatic N) is 3. The van der Waals surface area contributed by atoms with Gasteiger partial charge in [-0.3, -0.25) is 4.79 Å². The van der Waals surface area contributed by atoms with Gasteiger partial charge in [-0.15, -0.1) is 11.3 Å². The topological polar surface area (TPSA) is 113 Å². The Kier molecular flexibility index (Phi) is 6.64. The summed E-state index contributed by atoms with van der Waals surface area (Å²) < 4.78 is 5.38. The summed E-state index contributed by atoms with van der Waals surface area (Å²) in [5.74, 6) is 0.921. The van der Waals surface area contributed by atoms with Crippen LogP contribution >= 0.6 is 11.3 Å². The summed E-state index contributed by atoms with van der Waals surface area (Å²) in [6.07, 6.45) is 3.27. The number of rotatable bonds is 8. The minimum Gasteiger partial charge on any atom is -0.507 e. The summed E-state index contributed by atoms with van der Waals surface area (Å²) in [5, 5.41) is 16.6. The summed E-state index contributed by atoms with van der Waals surface area (Å²) in [4.78, 5) is 29.4. The monoisotopic (exact) mass is 499 g/mol. The fourth-order valence-electron chi connectivity index (χ4n) is 3.95. The summed E-state index contributed by atoms with van der Waals surface area (Å²) in [6.45, 7) is 2.59. The number of pyridine rings is 1. The van der Waals surface area contributed by atoms with E-state index in [1.54, 1.807) is 48.9 Å². The number of H-pyrrole nitrogens is 1. The molecule has 0 aliphatic carbocycles. The third-order valence-electron chi connectivity index (χ3n) is 5.86. The van der Waals surface area contributed by atoms with Crippen molar-refractivity contribution in [3.8, 4) is 34.1 Å². The lowest BCUT2D eigenvalue weighted by atomic mass is 10.0. The maximum absolute atomic E-state index is 12.7. The van der Waals surface area contributed by atoms with Gasteiger partial charge in [0.25, 0.3) is 5.91 Å². The van der Waals surface area contributed by atoms with Crippen LogP contribution in [0.25, 0.3) is 33.5 Å². The van der Waals surface area contributed by atoms with Crippen LogP contribution in [0.15, 0.2) is 60.1 Å². The molecule has 9 heteroatoms. The van der Waals surface area contributed by atoms with Gasteiger partial charge in [0.05, 0.1) is 34.4 Å². The molecule has 0 bridgehead atoms. The zero-order valence-corrected chi connectivity index (χ0v) is 20.7. The van der Waals surface area contributed by atoms with E-state index in [0.29, 0.717) is 41.3 Å². The Bertz CT molecular complexity index is 1540. The molecule has 36 heavy (non-hydrogen) atoms. The van der Waals surface area contributed by atoms with Gasteiger partial charge in [0, 0.05) is 35.7 Å². The van der Waals surface area contributed by atoms with Crippen molar-refractivity contribution in [1.82, 2.24) is 25.3 Å². The molecule has 3 N–H and O–H groups in total. The highest BCUT2D eigenvalue weighted by atomic mass is 32.1. The molecule has 8 nitrogen and oxygen atoms in total. The number of imidazole rings is 1. The van der Waals surface area contributed by atoms with E-state index in [9.17, 15) is 9.90 Å². The summed E-state index contributed by atoms with van der Waals surface area (Å²) in [5.41, 5.74) is 5.17. The van der Waals surface area contributed by atoms with Gasteiger partial charge in [0.1, 0.15) is 11.6 Å². The number of phenolic OH excluding ortho intramolecular Hbond substituents is 1. The molecule has 3 heterocycles. The van der Waals surface area contributed by atoms with Crippen molar-refractivity contribution in [2.75, 3.05) is 13.7 Å². The molecule has 182 valence electrons. The number of aromatic nitrogens is 4. The van der Waals surface area contributed by atoms with Crippen molar-refractivity contribution in [3.63, 3.8) is 0 Å². The first-order valence-corrected chi connectivity index (χ1v) is 12.5. The quantitative estimate of drug-likeness (QED) is 0.277. The average Bonchev–Trinajstić information content (AvgIpc) is 3.55. The molecule has 0 saturated carbocycles. The molecule has 1 amide bonds. The molecule has 3 aromatic heterocycles. The summed E-state index contributed by atoms with van der Waals surface area (Å²) in [6, 6.07) is 14.3. The second-order valence-electron chi connectivity index (χ2n) is 8.20. The Labute approximate surface area is 212 Å². The number of aromatic hydroxyl groups is 1. The number of benzene rings is 2. The van der Waals surface area contributed by atoms with E-state index in [1.165, 1.54) is 0 Å². The van der Waals surface area contributed by atoms with Crippen molar-refractivity contribution in [3.05, 3.63) is 76.4 Å². The largest absolute Gasteiger partial charge is 0.507 e. The highest BCUT2D eigenvalue weighted by molar-refractivity contribution is 7.09. The second-order valence-corrected chi connectivity index (χ2v) is 9.14. The van der Waals surface area contributed by atoms with E-state index >= 15 is 0 Å². The number of phenols is 1.